The summed E-state index contributed by atoms with van der Waals surface area (Å²) < 4.78 is 224. The number of nitrogens with zero attached hydrogens (tertiary/aromatic N) is 3. The van der Waals surface area contributed by atoms with Crippen LogP contribution in [0.3, 0.4) is 0 Å². The van der Waals surface area contributed by atoms with Gasteiger partial charge in [-0.05, 0) is 135 Å². The third-order valence-corrected chi connectivity index (χ3v) is 21.6. The molecule has 1 fully saturated rings. The van der Waals surface area contributed by atoms with Crippen LogP contribution in [0.15, 0.2) is 114 Å². The fourth-order valence-corrected chi connectivity index (χ4v) is 16.0. The summed E-state index contributed by atoms with van der Waals surface area (Å²) in [5, 5.41) is 0.0592. The average molecular weight is 1460 g/mol. The molecular formula is C62H72ClN3O25S5-4. The van der Waals surface area contributed by atoms with Gasteiger partial charge in [-0.25, -0.2) is 46.9 Å². The molecule has 4 aliphatic rings. The Bertz CT molecular complexity index is 4420. The highest BCUT2D eigenvalue weighted by molar-refractivity contribution is 7.87. The Morgan fingerprint density at radius 3 is 1.64 bits per heavy atom. The third kappa shape index (κ3) is 17.9. The Morgan fingerprint density at radius 2 is 1.12 bits per heavy atom. The number of imide groups is 1. The van der Waals surface area contributed by atoms with Crippen LogP contribution in [0.4, 0.5) is 11.4 Å². The minimum absolute atomic E-state index is 0.0210. The Labute approximate surface area is 562 Å². The highest BCUT2D eigenvalue weighted by Gasteiger charge is 2.50. The molecule has 0 N–H and O–H groups in total. The van der Waals surface area contributed by atoms with E-state index in [2.05, 4.69) is 0 Å². The van der Waals surface area contributed by atoms with Gasteiger partial charge in [0.15, 0.2) is 5.71 Å². The molecule has 4 aromatic rings. The molecule has 526 valence electrons. The number of amides is 2. The van der Waals surface area contributed by atoms with Gasteiger partial charge in [0, 0.05) is 90.2 Å². The molecule has 0 radical (unpaired) electrons. The monoisotopic (exact) mass is 1450 g/mol. The molecule has 3 aliphatic heterocycles. The summed E-state index contributed by atoms with van der Waals surface area (Å²) in [4.78, 5) is 41.0. The van der Waals surface area contributed by atoms with E-state index in [1.807, 2.05) is 0 Å². The van der Waals surface area contributed by atoms with Crippen molar-refractivity contribution in [2.24, 2.45) is 0 Å². The fourth-order valence-electron chi connectivity index (χ4n) is 12.5. The SMILES string of the molecule is CCN1C(=CC=C2CCCC(C=CC3=[N+](CCCC(=O)ON4C(=O)CCC4=O)c4ccc5c(S(=O)(=O)[O-])cc(S(=O)(=O)[O-])cc5c4C3(C)CCOCCOCCOCCOCCOCCOC)=C2Cl)C(C)(CCCS(=O)(=O)[O-])c2c1ccc1c(S(=O)(=O)[O-])cc(S(=O)(=O)[O-])cc21. The first-order valence-electron chi connectivity index (χ1n) is 30.5. The lowest BCUT2D eigenvalue weighted by Gasteiger charge is -2.31. The van der Waals surface area contributed by atoms with Crippen LogP contribution >= 0.6 is 11.6 Å². The number of carbonyl (C=O) groups is 3. The molecule has 0 saturated carbocycles. The highest BCUT2D eigenvalue weighted by atomic mass is 35.5. The van der Waals surface area contributed by atoms with Crippen molar-refractivity contribution in [3.8, 4) is 0 Å². The van der Waals surface area contributed by atoms with Gasteiger partial charge in [-0.15, -0.1) is 5.06 Å². The van der Waals surface area contributed by atoms with Crippen molar-refractivity contribution < 1.29 is 117 Å². The number of rotatable bonds is 35. The largest absolute Gasteiger partial charge is 0.748 e. The second-order valence-corrected chi connectivity index (χ2v) is 30.7. The topological polar surface area (TPSA) is 411 Å². The van der Waals surface area contributed by atoms with Crippen molar-refractivity contribution in [1.29, 1.82) is 0 Å². The number of ether oxygens (including phenoxy) is 6. The normalized spacial score (nSPS) is 19.8. The number of anilines is 1. The number of benzene rings is 4. The maximum Gasteiger partial charge on any atom is 0.333 e. The number of carbonyl (C=O) groups excluding carboxylic acids is 3. The van der Waals surface area contributed by atoms with E-state index >= 15 is 0 Å². The predicted molar refractivity (Wildman–Crippen MR) is 340 cm³/mol. The maximum atomic E-state index is 13.3. The summed E-state index contributed by atoms with van der Waals surface area (Å²) in [5.41, 5.74) is 0.520. The summed E-state index contributed by atoms with van der Waals surface area (Å²) in [5.74, 6) is -3.15. The van der Waals surface area contributed by atoms with Crippen molar-refractivity contribution in [2.45, 2.75) is 115 Å². The van der Waals surface area contributed by atoms with Crippen LogP contribution in [0.25, 0.3) is 21.5 Å². The van der Waals surface area contributed by atoms with Crippen LogP contribution in [0.2, 0.25) is 0 Å². The maximum absolute atomic E-state index is 13.3. The number of halogens is 1. The molecule has 0 aromatic heterocycles. The van der Waals surface area contributed by atoms with Gasteiger partial charge in [-0.1, -0.05) is 29.8 Å². The lowest BCUT2D eigenvalue weighted by atomic mass is 9.74. The fraction of sp³-hybridized carbons (Fsp3) is 0.484. The van der Waals surface area contributed by atoms with E-state index in [-0.39, 0.29) is 129 Å². The molecule has 0 bridgehead atoms. The van der Waals surface area contributed by atoms with Gasteiger partial charge in [0.2, 0.25) is 5.69 Å². The predicted octanol–water partition coefficient (Wildman–Crippen LogP) is 5.64. The summed E-state index contributed by atoms with van der Waals surface area (Å²) in [7, 11) is -24.9. The quantitative estimate of drug-likeness (QED) is 0.0233. The van der Waals surface area contributed by atoms with Crippen molar-refractivity contribution in [3.63, 3.8) is 0 Å². The number of allylic oxidation sites excluding steroid dienone is 8. The van der Waals surface area contributed by atoms with Crippen LogP contribution in [0.1, 0.15) is 96.1 Å². The molecule has 2 amide bonds. The lowest BCUT2D eigenvalue weighted by molar-refractivity contribution is -0.438. The first-order valence-corrected chi connectivity index (χ1v) is 38.1. The van der Waals surface area contributed by atoms with Gasteiger partial charge in [0.1, 0.15) is 47.0 Å². The van der Waals surface area contributed by atoms with Gasteiger partial charge in [0.25, 0.3) is 11.8 Å². The van der Waals surface area contributed by atoms with Crippen LogP contribution in [-0.4, -0.2) is 197 Å². The first kappa shape index (κ1) is 75.8. The molecule has 8 rings (SSSR count). The van der Waals surface area contributed by atoms with Crippen molar-refractivity contribution in [3.05, 3.63) is 106 Å². The van der Waals surface area contributed by atoms with Crippen LogP contribution in [0, 0.1) is 0 Å². The minimum Gasteiger partial charge on any atom is -0.748 e. The Morgan fingerprint density at radius 1 is 0.604 bits per heavy atom. The molecule has 96 heavy (non-hydrogen) atoms. The molecule has 2 atom stereocenters. The lowest BCUT2D eigenvalue weighted by Crippen LogP contribution is -2.34. The number of hydrogen-bond acceptors (Lipinski definition) is 26. The van der Waals surface area contributed by atoms with Crippen molar-refractivity contribution >= 4 is 119 Å². The summed E-state index contributed by atoms with van der Waals surface area (Å²) in [6.45, 7) is 8.30. The van der Waals surface area contributed by atoms with Crippen molar-refractivity contribution in [2.75, 3.05) is 104 Å². The average Bonchev–Trinajstić information content (AvgIpc) is 1.53. The zero-order valence-electron chi connectivity index (χ0n) is 52.9. The zero-order chi connectivity index (χ0) is 70.2. The number of methoxy groups -OCH3 is 1. The second kappa shape index (κ2) is 31.5. The van der Waals surface area contributed by atoms with Gasteiger partial charge >= 0.3 is 5.97 Å². The standard InChI is InChI=1S/C62H76ClN3O25S5/c1-5-64-49-16-14-45-47(37-43(93(73,74)75)39-51(45)95(79,80)81)58(49)61(2,22-8-36-92(70,71)72)53(64)18-12-41-9-6-10-42(60(41)63)13-19-54-62(3,23-25-86-28-29-88-32-33-90-35-34-89-31-30-87-27-26-85-4)59-48-38-44(94(76,77)78)40-52(96(82,83)84)46(48)15-17-50(59)65(54)24-7-11-57(69)91-66-55(67)20-21-56(66)68/h12-19,37-40H,5-11,20-36H2,1-4H3,(H4-,70,71,72,73,74,75,76,77,78,79,80,81,82,83,84)/p-4. The molecule has 0 spiro atoms. The van der Waals surface area contributed by atoms with Crippen molar-refractivity contribution in [1.82, 2.24) is 5.06 Å². The number of hydroxylamine groups is 2. The Hall–Kier alpha value is -5.96. The summed E-state index contributed by atoms with van der Waals surface area (Å²) in [6.07, 6.45) is 7.14. The summed E-state index contributed by atoms with van der Waals surface area (Å²) in [6, 6.07) is 8.56. The molecule has 34 heteroatoms. The van der Waals surface area contributed by atoms with E-state index in [9.17, 15) is 79.2 Å². The third-order valence-electron chi connectivity index (χ3n) is 17.0. The van der Waals surface area contributed by atoms with E-state index in [1.165, 1.54) is 24.3 Å². The molecule has 3 heterocycles. The molecular weight excluding hydrogens is 1380 g/mol. The minimum atomic E-state index is -5.46. The highest BCUT2D eigenvalue weighted by Crippen LogP contribution is 2.55. The van der Waals surface area contributed by atoms with E-state index in [0.29, 0.717) is 110 Å². The van der Waals surface area contributed by atoms with Crippen LogP contribution < -0.4 is 4.90 Å². The summed E-state index contributed by atoms with van der Waals surface area (Å²) >= 11 is 7.39. The number of hydrogen-bond donors (Lipinski definition) is 0. The molecule has 2 unspecified atom stereocenters. The van der Waals surface area contributed by atoms with Crippen LogP contribution in [-0.2, 0) is 109 Å². The van der Waals surface area contributed by atoms with Crippen LogP contribution in [0.5, 0.6) is 0 Å². The van der Waals surface area contributed by atoms with E-state index < -0.39 is 105 Å². The Kier molecular flexibility index (Phi) is 24.9. The number of fused-ring (bicyclic) bond motifs is 6. The smallest absolute Gasteiger partial charge is 0.333 e. The number of likely N-dealkylation sites (N-methyl/N-ethyl adjacent to an activating group) is 1. The van der Waals surface area contributed by atoms with E-state index in [1.54, 1.807) is 61.7 Å². The van der Waals surface area contributed by atoms with Gasteiger partial charge in [-0.3, -0.25) is 9.59 Å². The molecule has 1 saturated heterocycles. The molecule has 1 aliphatic carbocycles. The van der Waals surface area contributed by atoms with Gasteiger partial charge in [-0.2, -0.15) is 4.58 Å². The molecule has 4 aromatic carbocycles. The first-order chi connectivity index (χ1) is 45.1. The second-order valence-electron chi connectivity index (χ2n) is 23.3. The molecule has 28 nitrogen and oxygen atoms in total. The van der Waals surface area contributed by atoms with E-state index in [0.717, 1.165) is 12.1 Å². The van der Waals surface area contributed by atoms with Gasteiger partial charge < -0.3 is 60.9 Å². The Balaban J connectivity index is 1.18. The zero-order valence-corrected chi connectivity index (χ0v) is 57.7. The van der Waals surface area contributed by atoms with E-state index in [4.69, 9.17) is 44.9 Å². The van der Waals surface area contributed by atoms with Gasteiger partial charge in [0.05, 0.1) is 108 Å².